The van der Waals surface area contributed by atoms with E-state index in [1.165, 1.54) is 0 Å². The van der Waals surface area contributed by atoms with E-state index in [0.717, 1.165) is 30.4 Å². The fourth-order valence-electron chi connectivity index (χ4n) is 4.21. The predicted octanol–water partition coefficient (Wildman–Crippen LogP) is 3.24. The molecular weight excluding hydrogens is 402 g/mol. The van der Waals surface area contributed by atoms with Crippen LogP contribution in [0.15, 0.2) is 66.9 Å². The summed E-state index contributed by atoms with van der Waals surface area (Å²) in [5, 5.41) is 11.2. The van der Waals surface area contributed by atoms with Crippen LogP contribution in [-0.2, 0) is 11.3 Å². The van der Waals surface area contributed by atoms with Gasteiger partial charge < -0.3 is 10.2 Å². The number of carbonyl (C=O) groups is 2. The smallest absolute Gasteiger partial charge is 0.273 e. The Bertz CT molecular complexity index is 1030. The standard InChI is InChI=1S/C25H29N5O2/c1-2-22(20-11-7-4-8-12-20)25(32)29-15-13-21(14-16-29)26-24(31)23-18-30(28-27-23)17-19-9-5-3-6-10-19/h3-12,18,21-22H,2,13-17H2,1H3,(H,26,31). The Morgan fingerprint density at radius 2 is 1.69 bits per heavy atom. The second kappa shape index (κ2) is 10.2. The van der Waals surface area contributed by atoms with Crippen molar-refractivity contribution in [3.05, 3.63) is 83.7 Å². The summed E-state index contributed by atoms with van der Waals surface area (Å²) in [6.45, 7) is 3.91. The van der Waals surface area contributed by atoms with Crippen LogP contribution in [-0.4, -0.2) is 50.8 Å². The maximum Gasteiger partial charge on any atom is 0.273 e. The van der Waals surface area contributed by atoms with Gasteiger partial charge in [0, 0.05) is 19.1 Å². The molecule has 7 heteroatoms. The molecule has 1 aromatic heterocycles. The summed E-state index contributed by atoms with van der Waals surface area (Å²) in [6, 6.07) is 19.9. The first kappa shape index (κ1) is 21.7. The van der Waals surface area contributed by atoms with E-state index in [4.69, 9.17) is 0 Å². The number of aromatic nitrogens is 3. The highest BCUT2D eigenvalue weighted by molar-refractivity contribution is 5.92. The molecule has 2 amide bonds. The molecule has 1 atom stereocenters. The zero-order chi connectivity index (χ0) is 22.3. The van der Waals surface area contributed by atoms with Crippen molar-refractivity contribution in [2.45, 2.75) is 44.7 Å². The highest BCUT2D eigenvalue weighted by Gasteiger charge is 2.29. The van der Waals surface area contributed by atoms with Gasteiger partial charge in [0.25, 0.3) is 5.91 Å². The Labute approximate surface area is 188 Å². The van der Waals surface area contributed by atoms with Crippen LogP contribution in [0.25, 0.3) is 0 Å². The number of hydrogen-bond acceptors (Lipinski definition) is 4. The third-order valence-electron chi connectivity index (χ3n) is 6.01. The van der Waals surface area contributed by atoms with E-state index in [1.807, 2.05) is 72.5 Å². The van der Waals surface area contributed by atoms with Crippen molar-refractivity contribution in [1.82, 2.24) is 25.2 Å². The number of piperidine rings is 1. The second-order valence-corrected chi connectivity index (χ2v) is 8.23. The fraction of sp³-hybridized carbons (Fsp3) is 0.360. The molecular formula is C25H29N5O2. The topological polar surface area (TPSA) is 80.1 Å². The largest absolute Gasteiger partial charge is 0.348 e. The molecule has 0 saturated carbocycles. The Hall–Kier alpha value is -3.48. The van der Waals surface area contributed by atoms with Crippen molar-refractivity contribution in [3.8, 4) is 0 Å². The van der Waals surface area contributed by atoms with Gasteiger partial charge in [0.2, 0.25) is 5.91 Å². The van der Waals surface area contributed by atoms with Gasteiger partial charge in [-0.05, 0) is 30.4 Å². The number of likely N-dealkylation sites (tertiary alicyclic amines) is 1. The molecule has 2 aromatic carbocycles. The van der Waals surface area contributed by atoms with Crippen molar-refractivity contribution in [2.75, 3.05) is 13.1 Å². The van der Waals surface area contributed by atoms with Crippen LogP contribution < -0.4 is 5.32 Å². The van der Waals surface area contributed by atoms with Crippen LogP contribution in [0.3, 0.4) is 0 Å². The lowest BCUT2D eigenvalue weighted by Crippen LogP contribution is -2.47. The minimum absolute atomic E-state index is 0.0302. The quantitative estimate of drug-likeness (QED) is 0.623. The van der Waals surface area contributed by atoms with E-state index in [0.29, 0.717) is 25.3 Å². The summed E-state index contributed by atoms with van der Waals surface area (Å²) in [6.07, 6.45) is 3.92. The Balaban J connectivity index is 1.28. The minimum atomic E-state index is -0.218. The first-order valence-electron chi connectivity index (χ1n) is 11.2. The van der Waals surface area contributed by atoms with E-state index < -0.39 is 0 Å². The van der Waals surface area contributed by atoms with Gasteiger partial charge in [0.15, 0.2) is 5.69 Å². The molecule has 3 aromatic rings. The van der Waals surface area contributed by atoms with Gasteiger partial charge in [-0.2, -0.15) is 0 Å². The van der Waals surface area contributed by atoms with Gasteiger partial charge in [-0.15, -0.1) is 5.10 Å². The lowest BCUT2D eigenvalue weighted by molar-refractivity contribution is -0.134. The van der Waals surface area contributed by atoms with Crippen molar-refractivity contribution < 1.29 is 9.59 Å². The van der Waals surface area contributed by atoms with Crippen LogP contribution in [0.5, 0.6) is 0 Å². The van der Waals surface area contributed by atoms with Crippen molar-refractivity contribution in [1.29, 1.82) is 0 Å². The van der Waals surface area contributed by atoms with E-state index in [1.54, 1.807) is 10.9 Å². The third kappa shape index (κ3) is 5.22. The monoisotopic (exact) mass is 431 g/mol. The number of benzene rings is 2. The van der Waals surface area contributed by atoms with Crippen LogP contribution in [0.1, 0.15) is 53.7 Å². The molecule has 166 valence electrons. The molecule has 2 heterocycles. The Morgan fingerprint density at radius 3 is 2.34 bits per heavy atom. The summed E-state index contributed by atoms with van der Waals surface area (Å²) in [5.41, 5.74) is 2.48. The second-order valence-electron chi connectivity index (χ2n) is 8.23. The SMILES string of the molecule is CCC(C(=O)N1CCC(NC(=O)c2cn(Cc3ccccc3)nn2)CC1)c1ccccc1. The maximum atomic E-state index is 13.1. The van der Waals surface area contributed by atoms with Crippen molar-refractivity contribution >= 4 is 11.8 Å². The van der Waals surface area contributed by atoms with E-state index in [2.05, 4.69) is 15.6 Å². The van der Waals surface area contributed by atoms with Crippen molar-refractivity contribution in [2.24, 2.45) is 0 Å². The Morgan fingerprint density at radius 1 is 1.03 bits per heavy atom. The van der Waals surface area contributed by atoms with Crippen LogP contribution in [0.2, 0.25) is 0 Å². The van der Waals surface area contributed by atoms with Crippen molar-refractivity contribution in [3.63, 3.8) is 0 Å². The molecule has 4 rings (SSSR count). The van der Waals surface area contributed by atoms with Gasteiger partial charge in [0.05, 0.1) is 18.7 Å². The number of nitrogens with zero attached hydrogens (tertiary/aromatic N) is 4. The average molecular weight is 432 g/mol. The summed E-state index contributed by atoms with van der Waals surface area (Å²) in [4.78, 5) is 27.6. The molecule has 1 aliphatic heterocycles. The minimum Gasteiger partial charge on any atom is -0.348 e. The fourth-order valence-corrected chi connectivity index (χ4v) is 4.21. The zero-order valence-corrected chi connectivity index (χ0v) is 18.4. The molecule has 1 saturated heterocycles. The van der Waals surface area contributed by atoms with Gasteiger partial charge in [-0.1, -0.05) is 72.8 Å². The van der Waals surface area contributed by atoms with E-state index >= 15 is 0 Å². The van der Waals surface area contributed by atoms with Crippen LogP contribution in [0, 0.1) is 0 Å². The summed E-state index contributed by atoms with van der Waals surface area (Å²) >= 11 is 0. The molecule has 1 aliphatic rings. The molecule has 0 aliphatic carbocycles. The maximum absolute atomic E-state index is 13.1. The number of carbonyl (C=O) groups excluding carboxylic acids is 2. The van der Waals surface area contributed by atoms with Gasteiger partial charge in [-0.25, -0.2) is 4.68 Å². The molecule has 1 N–H and O–H groups in total. The highest BCUT2D eigenvalue weighted by Crippen LogP contribution is 2.24. The first-order chi connectivity index (χ1) is 15.6. The average Bonchev–Trinajstić information content (AvgIpc) is 3.30. The van der Waals surface area contributed by atoms with Gasteiger partial charge in [-0.3, -0.25) is 9.59 Å². The molecule has 0 spiro atoms. The molecule has 1 unspecified atom stereocenters. The van der Waals surface area contributed by atoms with Gasteiger partial charge >= 0.3 is 0 Å². The number of hydrogen-bond donors (Lipinski definition) is 1. The summed E-state index contributed by atoms with van der Waals surface area (Å²) < 4.78 is 1.67. The summed E-state index contributed by atoms with van der Waals surface area (Å²) in [5.74, 6) is -0.154. The van der Waals surface area contributed by atoms with E-state index in [9.17, 15) is 9.59 Å². The number of nitrogens with one attached hydrogen (secondary N) is 1. The Kier molecular flexibility index (Phi) is 6.94. The number of rotatable bonds is 7. The number of amides is 2. The summed E-state index contributed by atoms with van der Waals surface area (Å²) in [7, 11) is 0. The third-order valence-corrected chi connectivity index (χ3v) is 6.01. The highest BCUT2D eigenvalue weighted by atomic mass is 16.2. The molecule has 32 heavy (non-hydrogen) atoms. The van der Waals surface area contributed by atoms with Crippen LogP contribution in [0.4, 0.5) is 0 Å². The van der Waals surface area contributed by atoms with E-state index in [-0.39, 0.29) is 23.8 Å². The zero-order valence-electron chi connectivity index (χ0n) is 18.4. The van der Waals surface area contributed by atoms with Crippen LogP contribution >= 0.6 is 0 Å². The molecule has 0 bridgehead atoms. The first-order valence-corrected chi connectivity index (χ1v) is 11.2. The lowest BCUT2D eigenvalue weighted by atomic mass is 9.93. The lowest BCUT2D eigenvalue weighted by Gasteiger charge is -2.34. The predicted molar refractivity (Wildman–Crippen MR) is 122 cm³/mol. The molecule has 0 radical (unpaired) electrons. The normalized spacial score (nSPS) is 15.3. The molecule has 7 nitrogen and oxygen atoms in total. The van der Waals surface area contributed by atoms with Gasteiger partial charge in [0.1, 0.15) is 0 Å². The molecule has 1 fully saturated rings.